The van der Waals surface area contributed by atoms with Gasteiger partial charge >= 0.3 is 0 Å². The molecule has 134 valence electrons. The third kappa shape index (κ3) is 3.79. The average molecular weight is 487 g/mol. The van der Waals surface area contributed by atoms with Crippen molar-refractivity contribution in [1.29, 1.82) is 0 Å². The Morgan fingerprint density at radius 1 is 0.926 bits per heavy atom. The van der Waals surface area contributed by atoms with Crippen molar-refractivity contribution in [1.82, 2.24) is 15.2 Å². The number of phenols is 1. The summed E-state index contributed by atoms with van der Waals surface area (Å²) in [6.45, 7) is 0.226. The lowest BCUT2D eigenvalue weighted by Crippen LogP contribution is -2.04. The van der Waals surface area contributed by atoms with E-state index in [1.807, 2.05) is 42.5 Å². The Labute approximate surface area is 172 Å². The van der Waals surface area contributed by atoms with Gasteiger partial charge in [-0.3, -0.25) is 0 Å². The molecule has 0 amide bonds. The van der Waals surface area contributed by atoms with Gasteiger partial charge in [-0.15, -0.1) is 10.2 Å². The Balaban J connectivity index is 1.53. The normalized spacial score (nSPS) is 10.9. The Bertz CT molecular complexity index is 1090. The lowest BCUT2D eigenvalue weighted by molar-refractivity contribution is 0.297. The van der Waals surface area contributed by atoms with Crippen LogP contribution in [0.25, 0.3) is 22.0 Å². The van der Waals surface area contributed by atoms with Gasteiger partial charge in [0.1, 0.15) is 23.8 Å². The molecular formula is C20H13Br2N3O2. The minimum atomic E-state index is 0.139. The number of hydrogen-bond donors (Lipinski definition) is 1. The van der Waals surface area contributed by atoms with Crippen LogP contribution < -0.4 is 4.74 Å². The summed E-state index contributed by atoms with van der Waals surface area (Å²) < 4.78 is 7.03. The van der Waals surface area contributed by atoms with Crippen molar-refractivity contribution in [2.45, 2.75) is 6.61 Å². The van der Waals surface area contributed by atoms with Gasteiger partial charge < -0.3 is 9.84 Å². The predicted octanol–water partition coefficient (Wildman–Crippen LogP) is 5.50. The standard InChI is InChI=1S/C20H13Br2N3O2/c21-15-8-13(9-16(22)20(15)26)17-10-23-19(25-24-17)11-27-18-7-3-5-12-4-1-2-6-14(12)18/h1-10,26H,11H2. The van der Waals surface area contributed by atoms with Crippen molar-refractivity contribution in [3.05, 3.63) is 75.6 Å². The molecule has 1 heterocycles. The summed E-state index contributed by atoms with van der Waals surface area (Å²) in [6.07, 6.45) is 1.64. The van der Waals surface area contributed by atoms with Gasteiger partial charge in [-0.25, -0.2) is 4.98 Å². The van der Waals surface area contributed by atoms with Crippen molar-refractivity contribution in [2.24, 2.45) is 0 Å². The number of aromatic hydroxyl groups is 1. The topological polar surface area (TPSA) is 68.1 Å². The number of rotatable bonds is 4. The maximum absolute atomic E-state index is 9.81. The van der Waals surface area contributed by atoms with Crippen molar-refractivity contribution < 1.29 is 9.84 Å². The second-order valence-electron chi connectivity index (χ2n) is 5.81. The van der Waals surface area contributed by atoms with E-state index in [0.29, 0.717) is 20.5 Å². The number of fused-ring (bicyclic) bond motifs is 1. The zero-order valence-electron chi connectivity index (χ0n) is 13.9. The van der Waals surface area contributed by atoms with E-state index in [1.54, 1.807) is 18.3 Å². The summed E-state index contributed by atoms with van der Waals surface area (Å²) in [5.41, 5.74) is 1.39. The van der Waals surface area contributed by atoms with E-state index >= 15 is 0 Å². The minimum absolute atomic E-state index is 0.139. The monoisotopic (exact) mass is 485 g/mol. The smallest absolute Gasteiger partial charge is 0.188 e. The molecule has 0 fully saturated rings. The highest BCUT2D eigenvalue weighted by molar-refractivity contribution is 9.11. The molecule has 1 N–H and O–H groups in total. The summed E-state index contributed by atoms with van der Waals surface area (Å²) in [5.74, 6) is 1.41. The molecule has 0 bridgehead atoms. The van der Waals surface area contributed by atoms with Crippen LogP contribution in [0.5, 0.6) is 11.5 Å². The number of hydrogen-bond acceptors (Lipinski definition) is 5. The summed E-state index contributed by atoms with van der Waals surface area (Å²) in [6, 6.07) is 17.5. The summed E-state index contributed by atoms with van der Waals surface area (Å²) in [7, 11) is 0. The highest BCUT2D eigenvalue weighted by Gasteiger charge is 2.10. The molecular weight excluding hydrogens is 474 g/mol. The van der Waals surface area contributed by atoms with E-state index < -0.39 is 0 Å². The Hall–Kier alpha value is -2.51. The molecule has 27 heavy (non-hydrogen) atoms. The van der Waals surface area contributed by atoms with E-state index in [0.717, 1.165) is 22.1 Å². The molecule has 3 aromatic carbocycles. The second kappa shape index (κ2) is 7.62. The maximum Gasteiger partial charge on any atom is 0.188 e. The first kappa shape index (κ1) is 17.9. The first-order chi connectivity index (χ1) is 13.1. The quantitative estimate of drug-likeness (QED) is 0.412. The first-order valence-corrected chi connectivity index (χ1v) is 9.68. The van der Waals surface area contributed by atoms with Gasteiger partial charge in [0.15, 0.2) is 5.82 Å². The van der Waals surface area contributed by atoms with Crippen molar-refractivity contribution in [3.63, 3.8) is 0 Å². The van der Waals surface area contributed by atoms with Gasteiger partial charge in [0, 0.05) is 10.9 Å². The van der Waals surface area contributed by atoms with Crippen LogP contribution in [-0.2, 0) is 6.61 Å². The zero-order valence-corrected chi connectivity index (χ0v) is 17.1. The fourth-order valence-electron chi connectivity index (χ4n) is 2.67. The van der Waals surface area contributed by atoms with Gasteiger partial charge in [0.25, 0.3) is 0 Å². The minimum Gasteiger partial charge on any atom is -0.506 e. The molecule has 0 unspecified atom stereocenters. The number of aromatic nitrogens is 3. The lowest BCUT2D eigenvalue weighted by Gasteiger charge is -2.09. The van der Waals surface area contributed by atoms with Gasteiger partial charge in [0.2, 0.25) is 0 Å². The van der Waals surface area contributed by atoms with Crippen LogP contribution in [0.4, 0.5) is 0 Å². The summed E-state index contributed by atoms with van der Waals surface area (Å²) in [4.78, 5) is 4.34. The van der Waals surface area contributed by atoms with Crippen LogP contribution in [-0.4, -0.2) is 20.3 Å². The van der Waals surface area contributed by atoms with Gasteiger partial charge in [-0.2, -0.15) is 0 Å². The summed E-state index contributed by atoms with van der Waals surface area (Å²) in [5, 5.41) is 20.3. The molecule has 0 saturated carbocycles. The molecule has 4 rings (SSSR count). The van der Waals surface area contributed by atoms with E-state index in [2.05, 4.69) is 47.0 Å². The number of halogens is 2. The molecule has 7 heteroatoms. The number of benzene rings is 3. The van der Waals surface area contributed by atoms with E-state index in [-0.39, 0.29) is 12.4 Å². The van der Waals surface area contributed by atoms with Gasteiger partial charge in [-0.05, 0) is 55.4 Å². The largest absolute Gasteiger partial charge is 0.506 e. The third-order valence-corrected chi connectivity index (χ3v) is 5.24. The van der Waals surface area contributed by atoms with Gasteiger partial charge in [0.05, 0.1) is 15.1 Å². The van der Waals surface area contributed by atoms with Gasteiger partial charge in [-0.1, -0.05) is 36.4 Å². The maximum atomic E-state index is 9.81. The molecule has 0 aliphatic heterocycles. The van der Waals surface area contributed by atoms with E-state index in [1.165, 1.54) is 0 Å². The molecule has 0 aliphatic carbocycles. The predicted molar refractivity (Wildman–Crippen MR) is 111 cm³/mol. The van der Waals surface area contributed by atoms with Crippen LogP contribution in [0.1, 0.15) is 5.82 Å². The second-order valence-corrected chi connectivity index (χ2v) is 7.52. The molecule has 0 saturated heterocycles. The molecule has 0 aliphatic rings. The lowest BCUT2D eigenvalue weighted by atomic mass is 10.1. The Morgan fingerprint density at radius 3 is 2.41 bits per heavy atom. The molecule has 0 radical (unpaired) electrons. The van der Waals surface area contributed by atoms with E-state index in [4.69, 9.17) is 4.74 Å². The average Bonchev–Trinajstić information content (AvgIpc) is 2.70. The Kier molecular flexibility index (Phi) is 5.05. The molecule has 1 aromatic heterocycles. The summed E-state index contributed by atoms with van der Waals surface area (Å²) >= 11 is 6.62. The Morgan fingerprint density at radius 2 is 1.67 bits per heavy atom. The number of nitrogens with zero attached hydrogens (tertiary/aromatic N) is 3. The molecule has 4 aromatic rings. The number of ether oxygens (including phenoxy) is 1. The van der Waals surface area contributed by atoms with Crippen molar-refractivity contribution in [2.75, 3.05) is 0 Å². The van der Waals surface area contributed by atoms with Crippen LogP contribution >= 0.6 is 31.9 Å². The van der Waals surface area contributed by atoms with Crippen LogP contribution in [0, 0.1) is 0 Å². The fraction of sp³-hybridized carbons (Fsp3) is 0.0500. The SMILES string of the molecule is Oc1c(Br)cc(-c2cnc(COc3cccc4ccccc34)nn2)cc1Br. The molecule has 0 atom stereocenters. The zero-order chi connectivity index (χ0) is 18.8. The third-order valence-electron chi connectivity index (χ3n) is 4.03. The molecule has 5 nitrogen and oxygen atoms in total. The van der Waals surface area contributed by atoms with Crippen LogP contribution in [0.2, 0.25) is 0 Å². The van der Waals surface area contributed by atoms with E-state index in [9.17, 15) is 5.11 Å². The highest BCUT2D eigenvalue weighted by atomic mass is 79.9. The first-order valence-electron chi connectivity index (χ1n) is 8.09. The van der Waals surface area contributed by atoms with Crippen molar-refractivity contribution in [3.8, 4) is 22.8 Å². The van der Waals surface area contributed by atoms with Crippen LogP contribution in [0.3, 0.4) is 0 Å². The number of phenolic OH excluding ortho intramolecular Hbond substituents is 1. The van der Waals surface area contributed by atoms with Crippen LogP contribution in [0.15, 0.2) is 69.7 Å². The fourth-order valence-corrected chi connectivity index (χ4v) is 3.86. The molecule has 0 spiro atoms. The highest BCUT2D eigenvalue weighted by Crippen LogP contribution is 2.36. The van der Waals surface area contributed by atoms with Crippen molar-refractivity contribution >= 4 is 42.6 Å².